The number of primary amides is 1. The van der Waals surface area contributed by atoms with Gasteiger partial charge in [-0.3, -0.25) is 52.6 Å². The molecule has 7 aliphatic heterocycles. The van der Waals surface area contributed by atoms with Crippen LogP contribution in [0.4, 0.5) is 5.82 Å². The van der Waals surface area contributed by atoms with Gasteiger partial charge in [-0.05, 0) is 140 Å². The number of hydroxylamine groups is 1. The Labute approximate surface area is 736 Å². The highest BCUT2D eigenvalue weighted by atomic mass is 35.5. The normalized spacial score (nSPS) is 25.8. The summed E-state index contributed by atoms with van der Waals surface area (Å²) in [5.74, 6) is -16.4. The summed E-state index contributed by atoms with van der Waals surface area (Å²) in [6, 6.07) is 4.94. The lowest BCUT2D eigenvalue weighted by Gasteiger charge is -2.48. The van der Waals surface area contributed by atoms with Crippen molar-refractivity contribution in [3.05, 3.63) is 173 Å². The van der Waals surface area contributed by atoms with Crippen LogP contribution >= 0.6 is 46.4 Å². The van der Waals surface area contributed by atoms with Gasteiger partial charge in [0.15, 0.2) is 23.9 Å². The van der Waals surface area contributed by atoms with Crippen LogP contribution in [-0.4, -0.2) is 228 Å². The Bertz CT molecular complexity index is 5370. The van der Waals surface area contributed by atoms with Crippen molar-refractivity contribution in [1.29, 1.82) is 0 Å². The van der Waals surface area contributed by atoms with Crippen LogP contribution in [0, 0.1) is 5.92 Å². The molecule has 0 spiro atoms. The molecule has 40 nitrogen and oxygen atoms in total. The molecule has 0 radical (unpaired) electrons. The van der Waals surface area contributed by atoms with Gasteiger partial charge in [0.1, 0.15) is 101 Å². The molecule has 126 heavy (non-hydrogen) atoms. The fourth-order valence-electron chi connectivity index (χ4n) is 15.0. The number of likely N-dealkylation sites (N-methyl/N-ethyl adjacent to an activating group) is 1. The number of carbonyl (C=O) groups is 9. The van der Waals surface area contributed by atoms with Crippen molar-refractivity contribution in [1.82, 2.24) is 57.6 Å². The minimum absolute atomic E-state index is 0.0524. The number of amides is 9. The number of nitrogens with one attached hydrogen (secondary N) is 10. The zero-order chi connectivity index (χ0) is 91.2. The van der Waals surface area contributed by atoms with E-state index in [-0.39, 0.29) is 88.9 Å². The van der Waals surface area contributed by atoms with E-state index in [2.05, 4.69) is 58.3 Å². The van der Waals surface area contributed by atoms with E-state index in [1.807, 2.05) is 13.8 Å². The Balaban J connectivity index is 1.01. The lowest BCUT2D eigenvalue weighted by Crippen LogP contribution is -2.65. The predicted octanol–water partition coefficient (Wildman–Crippen LogP) is 2.16. The number of rotatable bonds is 23. The standard InChI is InChI=1S/C82H91Cl4N13O27/c1-33(2)19-47(88-5)73(111)96-63-65(105)36-8-11-51(45(85)23-36)122-53-25-38-26-54(69(53)126-80-70(68(108)67(107)55(32-100)124-80)125-58-31-82(4,71(109)34(3)121-58)89-14-16-99-15-13-57(92-81(99)118)91-72(110)39-20-40(83)27-41(84)21-39)123-52-12-9-37(24-46(52)86)66(106)64-78(116)95-62(79(117)98-120-18-17-119-6)44-28-42(101)29-50(103)59(44)43-22-35(7-10-49(43)102)60(75(113)97-64)94-76(114)61(38)93-74(112)48(30-56(87)104)90-77(63)115/h7-13,15,20-29,33-34,47-48,55,58,60-68,70-71,80,88-89,100-103,105-109H,14,16-19,30-32H2,1-6H3,(H2,87,104)(H,90,115)(H,93,112)(H,94,114)(H,95,116)(H,96,111)(H,97,113)(H,98,117)(H,91,92,110,118)/t34?,47?,48?,55?,58?,60?,61?,62-,63?,64?,65?,66?,67?,68?,70?,71?,80?,82-/m1/s1. The van der Waals surface area contributed by atoms with Crippen LogP contribution in [0.1, 0.15) is 115 Å². The zero-order valence-corrected chi connectivity index (χ0v) is 70.8. The van der Waals surface area contributed by atoms with E-state index in [1.165, 1.54) is 68.2 Å². The lowest BCUT2D eigenvalue weighted by atomic mass is 9.85. The van der Waals surface area contributed by atoms with Gasteiger partial charge in [-0.25, -0.2) is 10.3 Å². The Morgan fingerprint density at radius 2 is 1.35 bits per heavy atom. The molecule has 674 valence electrons. The summed E-state index contributed by atoms with van der Waals surface area (Å²) in [7, 11) is 2.80. The molecule has 0 aliphatic carbocycles. The topological polar surface area (TPSA) is 591 Å². The number of hydrogen-bond donors (Lipinski definition) is 20. The van der Waals surface area contributed by atoms with Crippen LogP contribution in [0.15, 0.2) is 114 Å². The molecule has 16 unspecified atom stereocenters. The fraction of sp³-hybridized carbons (Fsp3) is 0.402. The minimum atomic E-state index is -2.40. The number of nitrogens with two attached hydrogens (primary N) is 1. The summed E-state index contributed by atoms with van der Waals surface area (Å²) < 4.78 is 45.6. The predicted molar refractivity (Wildman–Crippen MR) is 444 cm³/mol. The summed E-state index contributed by atoms with van der Waals surface area (Å²) in [5, 5.41) is 130. The number of aromatic hydroxyl groups is 3. The number of aromatic nitrogens is 2. The van der Waals surface area contributed by atoms with Crippen LogP contribution in [0.5, 0.6) is 46.0 Å². The van der Waals surface area contributed by atoms with E-state index in [0.717, 1.165) is 66.7 Å². The number of ether oxygens (including phenoxy) is 7. The van der Waals surface area contributed by atoms with Crippen molar-refractivity contribution < 1.29 is 127 Å². The molecule has 7 aliphatic rings. The first-order chi connectivity index (χ1) is 59.8. The van der Waals surface area contributed by atoms with Gasteiger partial charge >= 0.3 is 5.69 Å². The number of fused-ring (bicyclic) bond motifs is 15. The monoisotopic (exact) mass is 1830 g/mol. The van der Waals surface area contributed by atoms with E-state index in [1.54, 1.807) is 6.92 Å². The van der Waals surface area contributed by atoms with Crippen molar-refractivity contribution in [3.8, 4) is 57.1 Å². The summed E-state index contributed by atoms with van der Waals surface area (Å²) in [5.41, 5.74) is 3.10. The number of benzene rings is 6. The number of aliphatic hydroxyl groups excluding tert-OH is 6. The van der Waals surface area contributed by atoms with Gasteiger partial charge in [0.05, 0.1) is 54.5 Å². The van der Waals surface area contributed by atoms with Crippen molar-refractivity contribution in [2.45, 2.75) is 163 Å². The van der Waals surface area contributed by atoms with Gasteiger partial charge in [-0.1, -0.05) is 78.5 Å². The molecule has 18 atom stereocenters. The van der Waals surface area contributed by atoms with Gasteiger partial charge < -0.3 is 133 Å². The number of aliphatic hydroxyl groups is 6. The molecule has 44 heteroatoms. The number of phenols is 3. The number of phenolic OH excluding ortho intramolecular Hbond substituents is 3. The quantitative estimate of drug-likeness (QED) is 0.0322. The van der Waals surface area contributed by atoms with Gasteiger partial charge in [-0.15, -0.1) is 0 Å². The van der Waals surface area contributed by atoms with Crippen molar-refractivity contribution in [2.75, 3.05) is 45.8 Å². The highest BCUT2D eigenvalue weighted by Gasteiger charge is 2.52. The molecule has 6 aromatic carbocycles. The minimum Gasteiger partial charge on any atom is -0.508 e. The second-order valence-electron chi connectivity index (χ2n) is 30.9. The van der Waals surface area contributed by atoms with Crippen LogP contribution in [-0.2, 0) is 68.7 Å². The van der Waals surface area contributed by atoms with E-state index in [4.69, 9.17) is 90.1 Å². The molecule has 14 rings (SSSR count). The number of carbonyl (C=O) groups excluding carboxylic acids is 9. The molecule has 1 aromatic heterocycles. The smallest absolute Gasteiger partial charge is 0.349 e. The first-order valence-corrected chi connectivity index (χ1v) is 40.8. The molecule has 8 heterocycles. The summed E-state index contributed by atoms with van der Waals surface area (Å²) >= 11 is 26.6. The van der Waals surface area contributed by atoms with E-state index >= 15 is 24.0 Å². The third-order valence-electron chi connectivity index (χ3n) is 21.4. The summed E-state index contributed by atoms with van der Waals surface area (Å²) in [6.07, 6.45) is -18.3. The largest absolute Gasteiger partial charge is 0.508 e. The van der Waals surface area contributed by atoms with Crippen LogP contribution in [0.2, 0.25) is 20.1 Å². The molecular formula is C82H91Cl4N13O27. The second-order valence-corrected chi connectivity index (χ2v) is 32.6. The molecule has 11 bridgehead atoms. The van der Waals surface area contributed by atoms with Gasteiger partial charge in [0.25, 0.3) is 11.8 Å². The maximum absolute atomic E-state index is 16.3. The summed E-state index contributed by atoms with van der Waals surface area (Å²) in [6.45, 7) is 5.19. The van der Waals surface area contributed by atoms with E-state index < -0.39 is 254 Å². The zero-order valence-electron chi connectivity index (χ0n) is 67.8. The molecular weight excluding hydrogens is 1740 g/mol. The number of nitrogens with zero attached hydrogens (tertiary/aromatic N) is 2. The fourth-order valence-corrected chi connectivity index (χ4v) is 15.9. The van der Waals surface area contributed by atoms with Crippen LogP contribution < -0.4 is 79.0 Å². The summed E-state index contributed by atoms with van der Waals surface area (Å²) in [4.78, 5) is 156. The Morgan fingerprint density at radius 3 is 1.98 bits per heavy atom. The van der Waals surface area contributed by atoms with Crippen LogP contribution in [0.3, 0.4) is 0 Å². The van der Waals surface area contributed by atoms with Crippen molar-refractivity contribution >= 4 is 105 Å². The number of hydrogen-bond acceptors (Lipinski definition) is 30. The Hall–Kier alpha value is -11.1. The van der Waals surface area contributed by atoms with Crippen molar-refractivity contribution in [2.24, 2.45) is 11.7 Å². The van der Waals surface area contributed by atoms with Gasteiger partial charge in [-0.2, -0.15) is 4.98 Å². The highest BCUT2D eigenvalue weighted by molar-refractivity contribution is 6.35. The lowest BCUT2D eigenvalue weighted by molar-refractivity contribution is -0.334. The average molecular weight is 1830 g/mol. The first-order valence-electron chi connectivity index (χ1n) is 39.3. The molecule has 21 N–H and O–H groups in total. The third-order valence-corrected chi connectivity index (χ3v) is 22.5. The number of methoxy groups -OCH3 is 1. The number of halogens is 4. The van der Waals surface area contributed by atoms with Crippen molar-refractivity contribution in [3.63, 3.8) is 0 Å². The Kier molecular flexibility index (Phi) is 30.0. The SMILES string of the molecule is CNC(CC(C)C)C(=O)NC1C(=O)NC(CC(N)=O)C(=O)NC2C(=O)NC3C(=O)NC(C(=O)N[C@@H](C(=O)NOCCOC)c4cc(O)cc(O)c4-c4cc3ccc4O)C(O)c3ccc(c(Cl)c3)Oc3cc2cc(c3OC2OC(CO)C(O)C(O)C2OC2C[C@@](C)(NCCn3ccc(NC(=O)c4cc(Cl)cc(Cl)c4)nc3=O)C(O)C(C)O2)Oc2ccc(cc2Cl)C1O. The van der Waals surface area contributed by atoms with E-state index in [0.29, 0.717) is 0 Å². The molecule has 0 saturated carbocycles. The maximum Gasteiger partial charge on any atom is 0.349 e. The maximum atomic E-state index is 16.3. The molecule has 9 amide bonds. The highest BCUT2D eigenvalue weighted by Crippen LogP contribution is 2.50. The average Bonchev–Trinajstić information content (AvgIpc) is 0.751. The number of anilines is 1. The third kappa shape index (κ3) is 21.4. The second kappa shape index (κ2) is 40.2. The molecule has 2 saturated heterocycles. The first kappa shape index (κ1) is 94.0. The van der Waals surface area contributed by atoms with Crippen LogP contribution in [0.25, 0.3) is 11.1 Å². The Morgan fingerprint density at radius 1 is 0.706 bits per heavy atom. The molecule has 7 aromatic rings. The molecule has 2 fully saturated rings. The van der Waals surface area contributed by atoms with Gasteiger partial charge in [0, 0.05) is 71.2 Å². The van der Waals surface area contributed by atoms with E-state index in [9.17, 15) is 69.9 Å². The van der Waals surface area contributed by atoms with Gasteiger partial charge in [0.2, 0.25) is 53.4 Å².